The zero-order valence-electron chi connectivity index (χ0n) is 11.1. The predicted octanol–water partition coefficient (Wildman–Crippen LogP) is 2.91. The van der Waals surface area contributed by atoms with Crippen LogP contribution in [0.15, 0.2) is 12.1 Å². The van der Waals surface area contributed by atoms with Crippen molar-refractivity contribution in [3.8, 4) is 0 Å². The van der Waals surface area contributed by atoms with Gasteiger partial charge < -0.3 is 4.74 Å². The molecule has 1 fully saturated rings. The maximum atomic E-state index is 12.0. The molecule has 0 amide bonds. The van der Waals surface area contributed by atoms with Crippen LogP contribution >= 0.6 is 11.3 Å². The predicted molar refractivity (Wildman–Crippen MR) is 73.8 cm³/mol. The Morgan fingerprint density at radius 2 is 2.28 bits per heavy atom. The van der Waals surface area contributed by atoms with Gasteiger partial charge in [-0.05, 0) is 50.8 Å². The van der Waals surface area contributed by atoms with Gasteiger partial charge in [-0.15, -0.1) is 11.3 Å². The standard InChI is InChI=1S/C14H21NO2S/c1-3-11-7-8-12(18-11)13(14(16)17-4-2)15-9-10-5-6-10/h7-8,10,13,15H,3-6,9H2,1-2H3. The lowest BCUT2D eigenvalue weighted by Gasteiger charge is -2.15. The van der Waals surface area contributed by atoms with Gasteiger partial charge in [0.2, 0.25) is 0 Å². The first-order chi connectivity index (χ1) is 8.74. The van der Waals surface area contributed by atoms with E-state index in [1.807, 2.05) is 13.0 Å². The number of carbonyl (C=O) groups is 1. The second-order valence-corrected chi connectivity index (χ2v) is 5.89. The first-order valence-corrected chi connectivity index (χ1v) is 7.54. The molecule has 0 saturated heterocycles. The zero-order chi connectivity index (χ0) is 13.0. The van der Waals surface area contributed by atoms with E-state index in [1.54, 1.807) is 11.3 Å². The van der Waals surface area contributed by atoms with Crippen LogP contribution in [0.4, 0.5) is 0 Å². The highest BCUT2D eigenvalue weighted by Gasteiger charge is 2.27. The fourth-order valence-corrected chi connectivity index (χ4v) is 2.89. The topological polar surface area (TPSA) is 38.3 Å². The SMILES string of the molecule is CCOC(=O)C(NCC1CC1)c1ccc(CC)s1. The van der Waals surface area contributed by atoms with Crippen molar-refractivity contribution in [3.63, 3.8) is 0 Å². The minimum absolute atomic E-state index is 0.150. The highest BCUT2D eigenvalue weighted by atomic mass is 32.1. The van der Waals surface area contributed by atoms with E-state index in [1.165, 1.54) is 17.7 Å². The van der Waals surface area contributed by atoms with E-state index in [9.17, 15) is 4.79 Å². The molecule has 1 N–H and O–H groups in total. The summed E-state index contributed by atoms with van der Waals surface area (Å²) in [5, 5.41) is 3.36. The molecule has 18 heavy (non-hydrogen) atoms. The molecule has 0 radical (unpaired) electrons. The van der Waals surface area contributed by atoms with Gasteiger partial charge in [-0.25, -0.2) is 4.79 Å². The number of hydrogen-bond acceptors (Lipinski definition) is 4. The van der Waals surface area contributed by atoms with E-state index in [0.29, 0.717) is 6.61 Å². The molecule has 3 nitrogen and oxygen atoms in total. The number of nitrogens with one attached hydrogen (secondary N) is 1. The summed E-state index contributed by atoms with van der Waals surface area (Å²) in [5.74, 6) is 0.607. The lowest BCUT2D eigenvalue weighted by molar-refractivity contribution is -0.145. The number of thiophene rings is 1. The summed E-state index contributed by atoms with van der Waals surface area (Å²) in [6.45, 7) is 5.34. The zero-order valence-corrected chi connectivity index (χ0v) is 11.9. The molecular formula is C14H21NO2S. The van der Waals surface area contributed by atoms with Crippen molar-refractivity contribution >= 4 is 17.3 Å². The van der Waals surface area contributed by atoms with E-state index in [-0.39, 0.29) is 12.0 Å². The van der Waals surface area contributed by atoms with Gasteiger partial charge in [0, 0.05) is 9.75 Å². The molecule has 0 spiro atoms. The highest BCUT2D eigenvalue weighted by molar-refractivity contribution is 7.12. The van der Waals surface area contributed by atoms with Crippen molar-refractivity contribution in [1.82, 2.24) is 5.32 Å². The Hall–Kier alpha value is -0.870. The molecule has 1 aromatic rings. The minimum Gasteiger partial charge on any atom is -0.465 e. The van der Waals surface area contributed by atoms with Crippen molar-refractivity contribution in [1.29, 1.82) is 0 Å². The highest BCUT2D eigenvalue weighted by Crippen LogP contribution is 2.30. The van der Waals surface area contributed by atoms with Crippen molar-refractivity contribution in [2.45, 2.75) is 39.2 Å². The fraction of sp³-hybridized carbons (Fsp3) is 0.643. The Bertz CT molecular complexity index is 398. The second-order valence-electron chi connectivity index (χ2n) is 4.69. The van der Waals surface area contributed by atoms with Crippen molar-refractivity contribution in [2.24, 2.45) is 5.92 Å². The molecular weight excluding hydrogens is 246 g/mol. The van der Waals surface area contributed by atoms with E-state index >= 15 is 0 Å². The first kappa shape index (κ1) is 13.6. The molecule has 1 aliphatic rings. The smallest absolute Gasteiger partial charge is 0.328 e. The third kappa shape index (κ3) is 3.56. The molecule has 1 saturated carbocycles. The molecule has 4 heteroatoms. The lowest BCUT2D eigenvalue weighted by Crippen LogP contribution is -2.31. The maximum Gasteiger partial charge on any atom is 0.328 e. The maximum absolute atomic E-state index is 12.0. The van der Waals surface area contributed by atoms with Gasteiger partial charge in [0.05, 0.1) is 6.61 Å². The van der Waals surface area contributed by atoms with Crippen LogP contribution in [0.3, 0.4) is 0 Å². The van der Waals surface area contributed by atoms with Crippen LogP contribution in [0, 0.1) is 5.92 Å². The molecule has 1 aromatic heterocycles. The van der Waals surface area contributed by atoms with Crippen molar-refractivity contribution in [3.05, 3.63) is 21.9 Å². The van der Waals surface area contributed by atoms with Crippen LogP contribution in [0.1, 0.15) is 42.5 Å². The molecule has 0 aromatic carbocycles. The van der Waals surface area contributed by atoms with Crippen LogP contribution < -0.4 is 5.32 Å². The van der Waals surface area contributed by atoms with E-state index < -0.39 is 0 Å². The first-order valence-electron chi connectivity index (χ1n) is 6.73. The van der Waals surface area contributed by atoms with Crippen LogP contribution in [0.2, 0.25) is 0 Å². The van der Waals surface area contributed by atoms with Crippen molar-refractivity contribution in [2.75, 3.05) is 13.2 Å². The van der Waals surface area contributed by atoms with Gasteiger partial charge in [-0.3, -0.25) is 5.32 Å². The second kappa shape index (κ2) is 6.34. The summed E-state index contributed by atoms with van der Waals surface area (Å²) in [7, 11) is 0. The third-order valence-electron chi connectivity index (χ3n) is 3.15. The van der Waals surface area contributed by atoms with Gasteiger partial charge in [0.25, 0.3) is 0 Å². The summed E-state index contributed by atoms with van der Waals surface area (Å²) < 4.78 is 5.16. The van der Waals surface area contributed by atoms with E-state index in [4.69, 9.17) is 4.74 Å². The summed E-state index contributed by atoms with van der Waals surface area (Å²) in [4.78, 5) is 14.4. The number of rotatable bonds is 7. The molecule has 0 aliphatic heterocycles. The number of aryl methyl sites for hydroxylation is 1. The Kier molecular flexibility index (Phi) is 4.78. The van der Waals surface area contributed by atoms with Gasteiger partial charge in [-0.2, -0.15) is 0 Å². The minimum atomic E-state index is -0.282. The molecule has 1 atom stereocenters. The van der Waals surface area contributed by atoms with Gasteiger partial charge in [0.1, 0.15) is 6.04 Å². The average Bonchev–Trinajstić information content (AvgIpc) is 3.06. The molecule has 100 valence electrons. The summed E-state index contributed by atoms with van der Waals surface area (Å²) in [6, 6.07) is 3.87. The monoisotopic (exact) mass is 267 g/mol. The Labute approximate surface area is 113 Å². The fourth-order valence-electron chi connectivity index (χ4n) is 1.87. The van der Waals surface area contributed by atoms with E-state index in [2.05, 4.69) is 18.3 Å². The molecule has 0 bridgehead atoms. The van der Waals surface area contributed by atoms with Crippen molar-refractivity contribution < 1.29 is 9.53 Å². The van der Waals surface area contributed by atoms with Crippen LogP contribution in [0.25, 0.3) is 0 Å². The molecule has 2 rings (SSSR count). The normalized spacial score (nSPS) is 16.6. The molecule has 1 aliphatic carbocycles. The van der Waals surface area contributed by atoms with Crippen LogP contribution in [0.5, 0.6) is 0 Å². The third-order valence-corrected chi connectivity index (χ3v) is 4.44. The number of ether oxygens (including phenoxy) is 1. The average molecular weight is 267 g/mol. The summed E-state index contributed by atoms with van der Waals surface area (Å²) in [5.41, 5.74) is 0. The van der Waals surface area contributed by atoms with Crippen LogP contribution in [-0.4, -0.2) is 19.1 Å². The van der Waals surface area contributed by atoms with Gasteiger partial charge >= 0.3 is 5.97 Å². The van der Waals surface area contributed by atoms with E-state index in [0.717, 1.165) is 23.8 Å². The largest absolute Gasteiger partial charge is 0.465 e. The Morgan fingerprint density at radius 3 is 2.83 bits per heavy atom. The van der Waals surface area contributed by atoms with Gasteiger partial charge in [0.15, 0.2) is 0 Å². The number of hydrogen-bond donors (Lipinski definition) is 1. The molecule has 1 unspecified atom stereocenters. The number of carbonyl (C=O) groups excluding carboxylic acids is 1. The summed E-state index contributed by atoms with van der Waals surface area (Å²) >= 11 is 1.70. The Balaban J connectivity index is 2.03. The summed E-state index contributed by atoms with van der Waals surface area (Å²) in [6.07, 6.45) is 3.59. The number of esters is 1. The lowest BCUT2D eigenvalue weighted by atomic mass is 10.2. The quantitative estimate of drug-likeness (QED) is 0.772. The molecule has 1 heterocycles. The van der Waals surface area contributed by atoms with Gasteiger partial charge in [-0.1, -0.05) is 6.92 Å². The van der Waals surface area contributed by atoms with Crippen LogP contribution in [-0.2, 0) is 16.0 Å². The Morgan fingerprint density at radius 1 is 1.50 bits per heavy atom.